The fourth-order valence-electron chi connectivity index (χ4n) is 4.70. The molecule has 3 aromatic carbocycles. The number of carbonyl (C=O) groups is 1. The quantitative estimate of drug-likeness (QED) is 0.203. The summed E-state index contributed by atoms with van der Waals surface area (Å²) in [5.41, 5.74) is 1.94. The molecule has 0 spiro atoms. The Bertz CT molecular complexity index is 1580. The predicted molar refractivity (Wildman–Crippen MR) is 136 cm³/mol. The first-order chi connectivity index (χ1) is 17.9. The molecule has 0 unspecified atom stereocenters. The van der Waals surface area contributed by atoms with Crippen molar-refractivity contribution in [3.05, 3.63) is 88.0 Å². The van der Waals surface area contributed by atoms with Crippen LogP contribution in [0.25, 0.3) is 0 Å². The molecule has 39 heavy (non-hydrogen) atoms. The number of rotatable bonds is 8. The van der Waals surface area contributed by atoms with Crippen LogP contribution in [-0.4, -0.2) is 35.1 Å². The summed E-state index contributed by atoms with van der Waals surface area (Å²) in [5, 5.41) is 0. The van der Waals surface area contributed by atoms with Gasteiger partial charge in [-0.3, -0.25) is 34.2 Å². The first kappa shape index (κ1) is 29.2. The summed E-state index contributed by atoms with van der Waals surface area (Å²) in [6, 6.07) is 12.5. The zero-order valence-corrected chi connectivity index (χ0v) is 22.9. The Labute approximate surface area is 221 Å². The van der Waals surface area contributed by atoms with Gasteiger partial charge in [-0.05, 0) is 72.5 Å². The maximum Gasteiger partial charge on any atom is 0.524 e. The summed E-state index contributed by atoms with van der Waals surface area (Å²) in [6.45, 7) is 3.23. The Balaban J connectivity index is 1.93. The van der Waals surface area contributed by atoms with Crippen LogP contribution in [0.4, 0.5) is 0 Å². The molecule has 0 aromatic heterocycles. The Morgan fingerprint density at radius 3 is 1.72 bits per heavy atom. The lowest BCUT2D eigenvalue weighted by molar-refractivity contribution is 0.0968. The molecule has 3 aromatic rings. The van der Waals surface area contributed by atoms with E-state index in [1.165, 1.54) is 48.5 Å². The Kier molecular flexibility index (Phi) is 7.70. The van der Waals surface area contributed by atoms with Crippen LogP contribution in [0.1, 0.15) is 50.0 Å². The molecule has 2 atom stereocenters. The molecule has 0 saturated heterocycles. The van der Waals surface area contributed by atoms with E-state index in [1.54, 1.807) is 19.9 Å². The summed E-state index contributed by atoms with van der Waals surface area (Å²) in [5.74, 6) is -3.07. The van der Waals surface area contributed by atoms with Crippen LogP contribution in [0.5, 0.6) is 17.2 Å². The minimum atomic E-state index is -5.06. The summed E-state index contributed by atoms with van der Waals surface area (Å²) < 4.78 is 48.8. The average molecular weight is 600 g/mol. The van der Waals surface area contributed by atoms with Crippen molar-refractivity contribution in [3.8, 4) is 17.2 Å². The SMILES string of the molecule is Cc1cc(OP(=O)(O)O)cc([C@@H]2C(=O)c3cc(C)cc(OP(=O)(O)O)c3[C@H]2c2ccc(OP(=O)(O)O)cc2)c1. The van der Waals surface area contributed by atoms with Gasteiger partial charge in [0.1, 0.15) is 17.2 Å². The molecule has 16 heteroatoms. The second-order valence-electron chi connectivity index (χ2n) is 8.94. The highest BCUT2D eigenvalue weighted by atomic mass is 31.2. The fourth-order valence-corrected chi connectivity index (χ4v) is 5.88. The van der Waals surface area contributed by atoms with Crippen LogP contribution in [0.2, 0.25) is 0 Å². The predicted octanol–water partition coefficient (Wildman–Crippen LogP) is 3.83. The normalized spacial score (nSPS) is 17.6. The van der Waals surface area contributed by atoms with Crippen molar-refractivity contribution >= 4 is 29.3 Å². The van der Waals surface area contributed by atoms with Crippen molar-refractivity contribution in [2.45, 2.75) is 25.7 Å². The lowest BCUT2D eigenvalue weighted by atomic mass is 9.80. The van der Waals surface area contributed by atoms with Gasteiger partial charge >= 0.3 is 23.5 Å². The fraction of sp³-hybridized carbons (Fsp3) is 0.174. The van der Waals surface area contributed by atoms with E-state index >= 15 is 0 Å². The molecule has 1 aliphatic rings. The summed E-state index contributed by atoms with van der Waals surface area (Å²) >= 11 is 0. The molecule has 0 amide bonds. The Hall–Kier alpha value is -2.82. The number of phosphoric acid groups is 3. The van der Waals surface area contributed by atoms with E-state index < -0.39 is 41.1 Å². The number of hydrogen-bond donors (Lipinski definition) is 6. The largest absolute Gasteiger partial charge is 0.524 e. The van der Waals surface area contributed by atoms with Crippen LogP contribution < -0.4 is 13.6 Å². The highest BCUT2D eigenvalue weighted by molar-refractivity contribution is 7.47. The number of carbonyl (C=O) groups excluding carboxylic acids is 1. The van der Waals surface area contributed by atoms with E-state index in [4.69, 9.17) is 18.8 Å². The molecular formula is C23H23O13P3. The van der Waals surface area contributed by atoms with Gasteiger partial charge in [-0.15, -0.1) is 0 Å². The maximum atomic E-state index is 13.8. The minimum absolute atomic E-state index is 0.114. The molecule has 13 nitrogen and oxygen atoms in total. The van der Waals surface area contributed by atoms with Crippen LogP contribution in [0.3, 0.4) is 0 Å². The molecule has 208 valence electrons. The van der Waals surface area contributed by atoms with Gasteiger partial charge in [-0.2, -0.15) is 0 Å². The first-order valence-electron chi connectivity index (χ1n) is 11.1. The van der Waals surface area contributed by atoms with Gasteiger partial charge in [0.25, 0.3) is 0 Å². The second kappa shape index (κ2) is 10.3. The topological polar surface area (TPSA) is 217 Å². The van der Waals surface area contributed by atoms with E-state index in [1.807, 2.05) is 0 Å². The van der Waals surface area contributed by atoms with Crippen LogP contribution >= 0.6 is 23.5 Å². The molecule has 4 rings (SSSR count). The highest BCUT2D eigenvalue weighted by Gasteiger charge is 2.45. The van der Waals surface area contributed by atoms with Crippen molar-refractivity contribution in [3.63, 3.8) is 0 Å². The molecule has 1 aliphatic carbocycles. The first-order valence-corrected chi connectivity index (χ1v) is 15.6. The zero-order chi connectivity index (χ0) is 28.9. The molecule has 0 fully saturated rings. The molecule has 0 saturated carbocycles. The molecule has 0 radical (unpaired) electrons. The zero-order valence-electron chi connectivity index (χ0n) is 20.2. The molecule has 0 heterocycles. The number of hydrogen-bond acceptors (Lipinski definition) is 7. The van der Waals surface area contributed by atoms with Gasteiger partial charge in [-0.25, -0.2) is 13.7 Å². The molecular weight excluding hydrogens is 577 g/mol. The Morgan fingerprint density at radius 2 is 1.15 bits per heavy atom. The lowest BCUT2D eigenvalue weighted by Crippen LogP contribution is -2.14. The van der Waals surface area contributed by atoms with Gasteiger partial charge in [0, 0.05) is 17.0 Å². The van der Waals surface area contributed by atoms with Gasteiger partial charge in [-0.1, -0.05) is 18.2 Å². The van der Waals surface area contributed by atoms with Crippen molar-refractivity contribution in [1.82, 2.24) is 0 Å². The number of benzene rings is 3. The third-order valence-corrected chi connectivity index (χ3v) is 7.15. The van der Waals surface area contributed by atoms with E-state index in [0.717, 1.165) is 0 Å². The summed E-state index contributed by atoms with van der Waals surface area (Å²) in [4.78, 5) is 69.7. The van der Waals surface area contributed by atoms with Crippen LogP contribution in [0.15, 0.2) is 54.6 Å². The van der Waals surface area contributed by atoms with Crippen molar-refractivity contribution < 1.29 is 61.4 Å². The summed E-state index contributed by atoms with van der Waals surface area (Å²) in [7, 11) is -14.9. The van der Waals surface area contributed by atoms with Crippen molar-refractivity contribution in [2.75, 3.05) is 0 Å². The smallest absolute Gasteiger partial charge is 0.404 e. The number of ketones is 1. The standard InChI is InChI=1S/C23H23O13P3/c1-12-7-15(11-17(8-12)35-38(28,29)30)21-20(14-3-5-16(6-4-14)34-37(25,26)27)22-18(23(21)24)9-13(2)10-19(22)36-39(31,32)33/h3-11,20-21H,1-2H3,(H2,25,26,27)(H2,28,29,30)(H2,31,32,33)/t20-,21-/m0/s1. The van der Waals surface area contributed by atoms with Crippen LogP contribution in [-0.2, 0) is 13.7 Å². The monoisotopic (exact) mass is 600 g/mol. The number of fused-ring (bicyclic) bond motifs is 1. The van der Waals surface area contributed by atoms with Crippen molar-refractivity contribution in [2.24, 2.45) is 0 Å². The highest BCUT2D eigenvalue weighted by Crippen LogP contribution is 2.54. The summed E-state index contributed by atoms with van der Waals surface area (Å²) in [6.07, 6.45) is 0. The lowest BCUT2D eigenvalue weighted by Gasteiger charge is -2.23. The van der Waals surface area contributed by atoms with Gasteiger partial charge in [0.2, 0.25) is 0 Å². The third kappa shape index (κ3) is 7.04. The molecule has 0 bridgehead atoms. The average Bonchev–Trinajstić information content (AvgIpc) is 3.03. The van der Waals surface area contributed by atoms with E-state index in [2.05, 4.69) is 4.52 Å². The molecule has 0 aliphatic heterocycles. The third-order valence-electron chi connectivity index (χ3n) is 5.82. The number of Topliss-reactive ketones (excluding diaryl/α,β-unsaturated/α-hetero) is 1. The van der Waals surface area contributed by atoms with Gasteiger partial charge in [0.05, 0.1) is 5.92 Å². The number of phosphoric ester groups is 3. The second-order valence-corrected chi connectivity index (χ2v) is 12.4. The maximum absolute atomic E-state index is 13.8. The number of aryl methyl sites for hydroxylation is 2. The van der Waals surface area contributed by atoms with Crippen molar-refractivity contribution in [1.29, 1.82) is 0 Å². The minimum Gasteiger partial charge on any atom is -0.404 e. The van der Waals surface area contributed by atoms with E-state index in [9.17, 15) is 38.1 Å². The van der Waals surface area contributed by atoms with Crippen LogP contribution in [0, 0.1) is 13.8 Å². The van der Waals surface area contributed by atoms with Gasteiger partial charge in [0.15, 0.2) is 5.78 Å². The molecule has 6 N–H and O–H groups in total. The van der Waals surface area contributed by atoms with Gasteiger partial charge < -0.3 is 13.6 Å². The van der Waals surface area contributed by atoms with E-state index in [-0.39, 0.29) is 28.4 Å². The van der Waals surface area contributed by atoms with E-state index in [0.29, 0.717) is 22.3 Å². The Morgan fingerprint density at radius 1 is 0.615 bits per heavy atom.